The molecule has 0 aliphatic heterocycles. The molecule has 1 aromatic carbocycles. The van der Waals surface area contributed by atoms with E-state index in [4.69, 9.17) is 9.15 Å². The monoisotopic (exact) mass is 260 g/mol. The molecule has 102 valence electrons. The second-order valence-corrected chi connectivity index (χ2v) is 5.49. The Kier molecular flexibility index (Phi) is 3.79. The van der Waals surface area contributed by atoms with E-state index in [0.29, 0.717) is 6.54 Å². The van der Waals surface area contributed by atoms with Crippen LogP contribution < -0.4 is 10.1 Å². The van der Waals surface area contributed by atoms with Gasteiger partial charge in [0.1, 0.15) is 11.5 Å². The molecule has 0 unspecified atom stereocenters. The molecule has 0 aliphatic carbocycles. The number of ether oxygens (including phenoxy) is 1. The lowest BCUT2D eigenvalue weighted by Crippen LogP contribution is -2.12. The van der Waals surface area contributed by atoms with Crippen molar-refractivity contribution in [1.29, 1.82) is 0 Å². The van der Waals surface area contributed by atoms with Crippen LogP contribution in [0, 0.1) is 0 Å². The molecule has 1 heterocycles. The Morgan fingerprint density at radius 3 is 2.68 bits per heavy atom. The van der Waals surface area contributed by atoms with Crippen LogP contribution >= 0.6 is 0 Å². The SMILES string of the molecule is COc1ccc(C(C)(C)C)cc1NCc1cnco1. The number of rotatable bonds is 4. The number of hydrogen-bond donors (Lipinski definition) is 1. The number of aromatic nitrogens is 1. The zero-order chi connectivity index (χ0) is 13.9. The molecular weight excluding hydrogens is 240 g/mol. The van der Waals surface area contributed by atoms with Crippen LogP contribution in [0.5, 0.6) is 5.75 Å². The Morgan fingerprint density at radius 2 is 2.11 bits per heavy atom. The first kappa shape index (κ1) is 13.5. The second-order valence-electron chi connectivity index (χ2n) is 5.49. The van der Waals surface area contributed by atoms with Gasteiger partial charge in [0.05, 0.1) is 25.5 Å². The Hall–Kier alpha value is -1.97. The molecule has 0 bridgehead atoms. The Balaban J connectivity index is 2.21. The minimum absolute atomic E-state index is 0.106. The van der Waals surface area contributed by atoms with E-state index in [-0.39, 0.29) is 5.41 Å². The van der Waals surface area contributed by atoms with Crippen molar-refractivity contribution >= 4 is 5.69 Å². The van der Waals surface area contributed by atoms with Crippen LogP contribution in [0.15, 0.2) is 35.2 Å². The number of nitrogens with zero attached hydrogens (tertiary/aromatic N) is 1. The fourth-order valence-corrected chi connectivity index (χ4v) is 1.82. The van der Waals surface area contributed by atoms with Gasteiger partial charge in [-0.1, -0.05) is 26.8 Å². The molecule has 0 spiro atoms. The number of oxazole rings is 1. The van der Waals surface area contributed by atoms with Gasteiger partial charge in [-0.25, -0.2) is 4.98 Å². The summed E-state index contributed by atoms with van der Waals surface area (Å²) in [5.41, 5.74) is 2.33. The molecule has 0 radical (unpaired) electrons. The molecule has 0 amide bonds. The van der Waals surface area contributed by atoms with Gasteiger partial charge in [-0.15, -0.1) is 0 Å². The van der Waals surface area contributed by atoms with Crippen LogP contribution in [-0.4, -0.2) is 12.1 Å². The quantitative estimate of drug-likeness (QED) is 0.912. The van der Waals surface area contributed by atoms with Crippen molar-refractivity contribution in [3.63, 3.8) is 0 Å². The summed E-state index contributed by atoms with van der Waals surface area (Å²) in [5, 5.41) is 3.32. The Labute approximate surface area is 113 Å². The van der Waals surface area contributed by atoms with E-state index in [2.05, 4.69) is 43.2 Å². The average molecular weight is 260 g/mol. The largest absolute Gasteiger partial charge is 0.495 e. The third-order valence-corrected chi connectivity index (χ3v) is 3.00. The highest BCUT2D eigenvalue weighted by Gasteiger charge is 2.15. The summed E-state index contributed by atoms with van der Waals surface area (Å²) in [4.78, 5) is 3.90. The van der Waals surface area contributed by atoms with E-state index in [0.717, 1.165) is 17.2 Å². The molecule has 1 N–H and O–H groups in total. The fraction of sp³-hybridized carbons (Fsp3) is 0.400. The zero-order valence-corrected chi connectivity index (χ0v) is 11.9. The van der Waals surface area contributed by atoms with Crippen LogP contribution in [0.3, 0.4) is 0 Å². The lowest BCUT2D eigenvalue weighted by atomic mass is 9.87. The third-order valence-electron chi connectivity index (χ3n) is 3.00. The summed E-state index contributed by atoms with van der Waals surface area (Å²) in [5.74, 6) is 1.62. The molecule has 4 nitrogen and oxygen atoms in total. The highest BCUT2D eigenvalue weighted by Crippen LogP contribution is 2.31. The Morgan fingerprint density at radius 1 is 1.32 bits per heavy atom. The third kappa shape index (κ3) is 3.28. The first-order valence-electron chi connectivity index (χ1n) is 6.30. The molecule has 0 aliphatic rings. The first-order valence-corrected chi connectivity index (χ1v) is 6.30. The van der Waals surface area contributed by atoms with Crippen LogP contribution in [0.25, 0.3) is 0 Å². The van der Waals surface area contributed by atoms with Crippen molar-refractivity contribution in [3.8, 4) is 5.75 Å². The lowest BCUT2D eigenvalue weighted by molar-refractivity contribution is 0.415. The average Bonchev–Trinajstić information content (AvgIpc) is 2.88. The highest BCUT2D eigenvalue weighted by molar-refractivity contribution is 5.59. The molecule has 0 saturated carbocycles. The summed E-state index contributed by atoms with van der Waals surface area (Å²) in [6.07, 6.45) is 3.13. The van der Waals surface area contributed by atoms with Gasteiger partial charge < -0.3 is 14.5 Å². The van der Waals surface area contributed by atoms with Crippen LogP contribution in [0.1, 0.15) is 32.1 Å². The normalized spacial score (nSPS) is 11.4. The van der Waals surface area contributed by atoms with E-state index >= 15 is 0 Å². The van der Waals surface area contributed by atoms with Gasteiger partial charge in [0.15, 0.2) is 6.39 Å². The van der Waals surface area contributed by atoms with E-state index < -0.39 is 0 Å². The molecule has 2 rings (SSSR count). The summed E-state index contributed by atoms with van der Waals surface area (Å²) >= 11 is 0. The smallest absolute Gasteiger partial charge is 0.180 e. The minimum Gasteiger partial charge on any atom is -0.495 e. The predicted octanol–water partition coefficient (Wildman–Crippen LogP) is 3.59. The maximum Gasteiger partial charge on any atom is 0.180 e. The molecule has 19 heavy (non-hydrogen) atoms. The predicted molar refractivity (Wildman–Crippen MR) is 75.5 cm³/mol. The van der Waals surface area contributed by atoms with Crippen molar-refractivity contribution in [1.82, 2.24) is 4.98 Å². The minimum atomic E-state index is 0.106. The van der Waals surface area contributed by atoms with E-state index in [1.54, 1.807) is 13.3 Å². The topological polar surface area (TPSA) is 47.3 Å². The number of benzene rings is 1. The summed E-state index contributed by atoms with van der Waals surface area (Å²) < 4.78 is 10.6. The van der Waals surface area contributed by atoms with Crippen LogP contribution in [-0.2, 0) is 12.0 Å². The van der Waals surface area contributed by atoms with E-state index in [1.165, 1.54) is 12.0 Å². The number of hydrogen-bond acceptors (Lipinski definition) is 4. The lowest BCUT2D eigenvalue weighted by Gasteiger charge is -2.21. The van der Waals surface area contributed by atoms with Gasteiger partial charge in [0, 0.05) is 0 Å². The maximum absolute atomic E-state index is 5.37. The standard InChI is InChI=1S/C15H20N2O2/c1-15(2,3)11-5-6-14(18-4)13(7-11)17-9-12-8-16-10-19-12/h5-8,10,17H,9H2,1-4H3. The first-order chi connectivity index (χ1) is 9.00. The summed E-state index contributed by atoms with van der Waals surface area (Å²) in [6, 6.07) is 6.21. The molecule has 0 saturated heterocycles. The van der Waals surface area contributed by atoms with Crippen molar-refractivity contribution in [2.24, 2.45) is 0 Å². The van der Waals surface area contributed by atoms with Crippen molar-refractivity contribution in [3.05, 3.63) is 42.1 Å². The van der Waals surface area contributed by atoms with Gasteiger partial charge in [0.2, 0.25) is 0 Å². The molecule has 0 atom stereocenters. The van der Waals surface area contributed by atoms with Crippen LogP contribution in [0.2, 0.25) is 0 Å². The van der Waals surface area contributed by atoms with Gasteiger partial charge in [-0.3, -0.25) is 0 Å². The molecule has 1 aromatic heterocycles. The molecule has 4 heteroatoms. The summed E-state index contributed by atoms with van der Waals surface area (Å²) in [7, 11) is 1.67. The fourth-order valence-electron chi connectivity index (χ4n) is 1.82. The number of nitrogens with one attached hydrogen (secondary N) is 1. The Bertz CT molecular complexity index is 528. The summed E-state index contributed by atoms with van der Waals surface area (Å²) in [6.45, 7) is 7.16. The van der Waals surface area contributed by atoms with Gasteiger partial charge >= 0.3 is 0 Å². The highest BCUT2D eigenvalue weighted by atomic mass is 16.5. The van der Waals surface area contributed by atoms with Crippen molar-refractivity contribution < 1.29 is 9.15 Å². The molecular formula is C15H20N2O2. The zero-order valence-electron chi connectivity index (χ0n) is 11.9. The van der Waals surface area contributed by atoms with Gasteiger partial charge in [0.25, 0.3) is 0 Å². The number of methoxy groups -OCH3 is 1. The van der Waals surface area contributed by atoms with Gasteiger partial charge in [-0.05, 0) is 23.1 Å². The van der Waals surface area contributed by atoms with Crippen LogP contribution in [0.4, 0.5) is 5.69 Å². The van der Waals surface area contributed by atoms with Crippen molar-refractivity contribution in [2.45, 2.75) is 32.7 Å². The molecule has 0 fully saturated rings. The van der Waals surface area contributed by atoms with E-state index in [9.17, 15) is 0 Å². The second kappa shape index (κ2) is 5.34. The maximum atomic E-state index is 5.37. The molecule has 2 aromatic rings. The van der Waals surface area contributed by atoms with Crippen molar-refractivity contribution in [2.75, 3.05) is 12.4 Å². The van der Waals surface area contributed by atoms with E-state index in [1.807, 2.05) is 6.07 Å². The van der Waals surface area contributed by atoms with Gasteiger partial charge in [-0.2, -0.15) is 0 Å². The number of anilines is 1.